The minimum absolute atomic E-state index is 0.0924. The highest BCUT2D eigenvalue weighted by atomic mass is 32.2. The number of thioether (sulfide) groups is 1. The van der Waals surface area contributed by atoms with Crippen molar-refractivity contribution in [1.29, 1.82) is 0 Å². The van der Waals surface area contributed by atoms with E-state index < -0.39 is 0 Å². The summed E-state index contributed by atoms with van der Waals surface area (Å²) in [5, 5.41) is 8.39. The maximum Gasteiger partial charge on any atom is 0.277 e. The molecule has 29 heavy (non-hydrogen) atoms. The number of nitrogens with one attached hydrogen (secondary N) is 1. The van der Waals surface area contributed by atoms with E-state index in [0.29, 0.717) is 23.5 Å². The summed E-state index contributed by atoms with van der Waals surface area (Å²) < 4.78 is 11.3. The lowest BCUT2D eigenvalue weighted by Gasteiger charge is -2.34. The highest BCUT2D eigenvalue weighted by Gasteiger charge is 2.22. The molecule has 0 saturated carbocycles. The van der Waals surface area contributed by atoms with Gasteiger partial charge in [0.15, 0.2) is 0 Å². The largest absolute Gasteiger partial charge is 0.492 e. The molecule has 9 heteroatoms. The number of benzene rings is 1. The zero-order valence-electron chi connectivity index (χ0n) is 16.0. The Bertz CT molecular complexity index is 892. The number of para-hydroxylation sites is 1. The predicted octanol–water partition coefficient (Wildman–Crippen LogP) is 2.38. The Morgan fingerprint density at radius 3 is 2.69 bits per heavy atom. The first-order chi connectivity index (χ1) is 14.3. The van der Waals surface area contributed by atoms with Crippen LogP contribution in [0.25, 0.3) is 11.6 Å². The van der Waals surface area contributed by atoms with Crippen molar-refractivity contribution in [1.82, 2.24) is 25.0 Å². The maximum absolute atomic E-state index is 12.5. The molecule has 1 aliphatic rings. The lowest BCUT2D eigenvalue weighted by Crippen LogP contribution is -2.50. The zero-order chi connectivity index (χ0) is 19.9. The maximum atomic E-state index is 12.5. The zero-order valence-corrected chi connectivity index (χ0v) is 16.8. The van der Waals surface area contributed by atoms with Crippen molar-refractivity contribution in [2.45, 2.75) is 5.22 Å². The molecule has 0 aliphatic carbocycles. The van der Waals surface area contributed by atoms with Crippen LogP contribution in [0.4, 0.5) is 0 Å². The number of piperazine rings is 1. The minimum atomic E-state index is 0.0924. The van der Waals surface area contributed by atoms with Gasteiger partial charge in [0.1, 0.15) is 18.1 Å². The first-order valence-corrected chi connectivity index (χ1v) is 10.5. The first-order valence-electron chi connectivity index (χ1n) is 9.56. The van der Waals surface area contributed by atoms with Crippen molar-refractivity contribution in [2.24, 2.45) is 0 Å². The van der Waals surface area contributed by atoms with Gasteiger partial charge in [0, 0.05) is 38.9 Å². The fourth-order valence-electron chi connectivity index (χ4n) is 3.09. The average molecular weight is 414 g/mol. The molecule has 0 spiro atoms. The molecule has 1 saturated heterocycles. The Hall–Kier alpha value is -2.78. The molecule has 2 aromatic heterocycles. The van der Waals surface area contributed by atoms with Gasteiger partial charge >= 0.3 is 0 Å². The molecule has 152 valence electrons. The number of rotatable bonds is 8. The van der Waals surface area contributed by atoms with E-state index in [4.69, 9.17) is 9.15 Å². The van der Waals surface area contributed by atoms with Gasteiger partial charge in [0.2, 0.25) is 5.91 Å². The second-order valence-corrected chi connectivity index (χ2v) is 7.56. The number of carbonyl (C=O) groups is 1. The van der Waals surface area contributed by atoms with Crippen LogP contribution in [0.15, 0.2) is 58.3 Å². The molecule has 3 aromatic rings. The number of aromatic amines is 1. The van der Waals surface area contributed by atoms with Crippen LogP contribution in [0.2, 0.25) is 0 Å². The van der Waals surface area contributed by atoms with Crippen LogP contribution in [0, 0.1) is 0 Å². The molecule has 8 nitrogen and oxygen atoms in total. The molecule has 0 radical (unpaired) electrons. The van der Waals surface area contributed by atoms with Gasteiger partial charge in [0.05, 0.1) is 5.75 Å². The lowest BCUT2D eigenvalue weighted by atomic mass is 10.3. The number of amides is 1. The minimum Gasteiger partial charge on any atom is -0.492 e. The molecular weight excluding hydrogens is 390 g/mol. The van der Waals surface area contributed by atoms with E-state index in [1.807, 2.05) is 47.4 Å². The summed E-state index contributed by atoms with van der Waals surface area (Å²) in [6, 6.07) is 13.5. The third kappa shape index (κ3) is 5.39. The summed E-state index contributed by atoms with van der Waals surface area (Å²) in [4.78, 5) is 19.7. The number of ether oxygens (including phenoxy) is 1. The van der Waals surface area contributed by atoms with E-state index in [-0.39, 0.29) is 5.91 Å². The average Bonchev–Trinajstić information content (AvgIpc) is 3.45. The highest BCUT2D eigenvalue weighted by Crippen LogP contribution is 2.22. The van der Waals surface area contributed by atoms with Crippen molar-refractivity contribution in [3.05, 3.63) is 48.7 Å². The van der Waals surface area contributed by atoms with E-state index in [1.54, 1.807) is 6.20 Å². The van der Waals surface area contributed by atoms with E-state index in [1.165, 1.54) is 11.8 Å². The number of hydrogen-bond acceptors (Lipinski definition) is 7. The fraction of sp³-hybridized carbons (Fsp3) is 0.350. The van der Waals surface area contributed by atoms with Crippen LogP contribution in [-0.4, -0.2) is 76.0 Å². The molecule has 1 fully saturated rings. The van der Waals surface area contributed by atoms with Crippen LogP contribution < -0.4 is 4.74 Å². The van der Waals surface area contributed by atoms with Gasteiger partial charge in [-0.3, -0.25) is 9.69 Å². The standard InChI is InChI=1S/C20H23N5O3S/c26-18(15-29-20-23-22-19(28-20)17-7-4-8-21-17)25-11-9-24(10-12-25)13-14-27-16-5-2-1-3-6-16/h1-8,21H,9-15H2. The summed E-state index contributed by atoms with van der Waals surface area (Å²) in [5.41, 5.74) is 0.767. The Morgan fingerprint density at radius 2 is 1.93 bits per heavy atom. The number of carbonyl (C=O) groups excluding carboxylic acids is 1. The van der Waals surface area contributed by atoms with E-state index in [0.717, 1.165) is 44.2 Å². The molecule has 1 amide bonds. The molecule has 0 atom stereocenters. The number of aromatic nitrogens is 3. The monoisotopic (exact) mass is 413 g/mol. The van der Waals surface area contributed by atoms with Crippen molar-refractivity contribution >= 4 is 17.7 Å². The van der Waals surface area contributed by atoms with Crippen LogP contribution >= 0.6 is 11.8 Å². The SMILES string of the molecule is O=C(CSc1nnc(-c2ccc[nH]2)o1)N1CCN(CCOc2ccccc2)CC1. The van der Waals surface area contributed by atoms with Crippen LogP contribution in [-0.2, 0) is 4.79 Å². The third-order valence-electron chi connectivity index (χ3n) is 4.70. The Morgan fingerprint density at radius 1 is 1.10 bits per heavy atom. The molecular formula is C20H23N5O3S. The predicted molar refractivity (Wildman–Crippen MR) is 110 cm³/mol. The second kappa shape index (κ2) is 9.62. The lowest BCUT2D eigenvalue weighted by molar-refractivity contribution is -0.130. The van der Waals surface area contributed by atoms with Crippen LogP contribution in [0.5, 0.6) is 5.75 Å². The normalized spacial score (nSPS) is 14.8. The summed E-state index contributed by atoms with van der Waals surface area (Å²) in [7, 11) is 0. The molecule has 1 N–H and O–H groups in total. The summed E-state index contributed by atoms with van der Waals surface area (Å²) in [5.74, 6) is 1.70. The fourth-order valence-corrected chi connectivity index (χ4v) is 3.75. The van der Waals surface area contributed by atoms with Crippen LogP contribution in [0.1, 0.15) is 0 Å². The summed E-state index contributed by atoms with van der Waals surface area (Å²) >= 11 is 1.27. The number of nitrogens with zero attached hydrogens (tertiary/aromatic N) is 4. The Kier molecular flexibility index (Phi) is 6.48. The molecule has 1 aliphatic heterocycles. The molecule has 0 bridgehead atoms. The third-order valence-corrected chi connectivity index (χ3v) is 5.50. The highest BCUT2D eigenvalue weighted by molar-refractivity contribution is 7.99. The Balaban J connectivity index is 1.15. The smallest absolute Gasteiger partial charge is 0.277 e. The van der Waals surface area contributed by atoms with Gasteiger partial charge in [-0.15, -0.1) is 10.2 Å². The van der Waals surface area contributed by atoms with Gasteiger partial charge < -0.3 is 19.0 Å². The van der Waals surface area contributed by atoms with Crippen molar-refractivity contribution in [3.63, 3.8) is 0 Å². The summed E-state index contributed by atoms with van der Waals surface area (Å²) in [6.45, 7) is 4.66. The van der Waals surface area contributed by atoms with Gasteiger partial charge in [-0.1, -0.05) is 30.0 Å². The van der Waals surface area contributed by atoms with Gasteiger partial charge in [0.25, 0.3) is 11.1 Å². The molecule has 4 rings (SSSR count). The van der Waals surface area contributed by atoms with Gasteiger partial charge in [-0.05, 0) is 24.3 Å². The van der Waals surface area contributed by atoms with Gasteiger partial charge in [-0.2, -0.15) is 0 Å². The van der Waals surface area contributed by atoms with E-state index >= 15 is 0 Å². The van der Waals surface area contributed by atoms with Crippen LogP contribution in [0.3, 0.4) is 0 Å². The first kappa shape index (κ1) is 19.5. The molecule has 1 aromatic carbocycles. The number of hydrogen-bond donors (Lipinski definition) is 1. The molecule has 3 heterocycles. The van der Waals surface area contributed by atoms with Gasteiger partial charge in [-0.25, -0.2) is 0 Å². The van der Waals surface area contributed by atoms with Crippen molar-refractivity contribution in [2.75, 3.05) is 45.1 Å². The van der Waals surface area contributed by atoms with Crippen molar-refractivity contribution in [3.8, 4) is 17.3 Å². The Labute approximate surface area is 173 Å². The van der Waals surface area contributed by atoms with Crippen molar-refractivity contribution < 1.29 is 13.9 Å². The quantitative estimate of drug-likeness (QED) is 0.567. The second-order valence-electron chi connectivity index (χ2n) is 6.63. The van der Waals surface area contributed by atoms with E-state index in [2.05, 4.69) is 20.1 Å². The topological polar surface area (TPSA) is 87.5 Å². The molecule has 0 unspecified atom stereocenters. The number of H-pyrrole nitrogens is 1. The van der Waals surface area contributed by atoms with E-state index in [9.17, 15) is 4.79 Å². The summed E-state index contributed by atoms with van der Waals surface area (Å²) in [6.07, 6.45) is 1.79.